The summed E-state index contributed by atoms with van der Waals surface area (Å²) in [5.41, 5.74) is 1.75. The first-order valence-electron chi connectivity index (χ1n) is 6.05. The Kier molecular flexibility index (Phi) is 5.76. The molecule has 0 spiro atoms. The number of benzene rings is 1. The molecule has 0 amide bonds. The molecule has 0 aromatic heterocycles. The molecule has 0 heterocycles. The van der Waals surface area contributed by atoms with Gasteiger partial charge in [-0.3, -0.25) is 25.7 Å². The fourth-order valence-corrected chi connectivity index (χ4v) is 1.45. The molecule has 0 radical (unpaired) electrons. The zero-order valence-electron chi connectivity index (χ0n) is 11.2. The Morgan fingerprint density at radius 2 is 2.14 bits per heavy atom. The van der Waals surface area contributed by atoms with E-state index in [0.29, 0.717) is 12.8 Å². The monoisotopic (exact) mass is 291 g/mol. The molecule has 0 fully saturated rings. The van der Waals surface area contributed by atoms with Crippen molar-refractivity contribution >= 4 is 23.3 Å². The average Bonchev–Trinajstić information content (AvgIpc) is 2.46. The molecular formula is C12H13N5O4. The Labute approximate surface area is 120 Å². The molecule has 0 saturated carbocycles. The normalized spacial score (nSPS) is 11.8. The first kappa shape index (κ1) is 16.0. The molecule has 1 unspecified atom stereocenters. The largest absolute Gasteiger partial charge is 0.301 e. The lowest BCUT2D eigenvalue weighted by Gasteiger charge is -2.02. The average molecular weight is 291 g/mol. The summed E-state index contributed by atoms with van der Waals surface area (Å²) < 4.78 is 0. The van der Waals surface area contributed by atoms with Crippen molar-refractivity contribution in [2.45, 2.75) is 19.8 Å². The summed E-state index contributed by atoms with van der Waals surface area (Å²) in [6, 6.07) is 5.33. The van der Waals surface area contributed by atoms with E-state index in [4.69, 9.17) is 5.26 Å². The topological polar surface area (TPSA) is 134 Å². The van der Waals surface area contributed by atoms with Crippen molar-refractivity contribution in [3.63, 3.8) is 0 Å². The molecule has 0 saturated heterocycles. The summed E-state index contributed by atoms with van der Waals surface area (Å²) in [4.78, 5) is 20.0. The van der Waals surface area contributed by atoms with Gasteiger partial charge in [-0.2, -0.15) is 10.4 Å². The van der Waals surface area contributed by atoms with Crippen molar-refractivity contribution in [3.05, 3.63) is 38.4 Å². The summed E-state index contributed by atoms with van der Waals surface area (Å²) in [6.45, 7) is 1.78. The minimum Gasteiger partial charge on any atom is -0.272 e. The van der Waals surface area contributed by atoms with E-state index in [-0.39, 0.29) is 17.3 Å². The van der Waals surface area contributed by atoms with Gasteiger partial charge in [0.05, 0.1) is 22.0 Å². The molecule has 0 aliphatic rings. The Hall–Kier alpha value is -3.02. The third-order valence-electron chi connectivity index (χ3n) is 2.61. The van der Waals surface area contributed by atoms with Crippen molar-refractivity contribution in [2.75, 3.05) is 5.43 Å². The fourth-order valence-electron chi connectivity index (χ4n) is 1.45. The van der Waals surface area contributed by atoms with Crippen LogP contribution in [0.3, 0.4) is 0 Å². The second-order valence-electron chi connectivity index (χ2n) is 4.25. The lowest BCUT2D eigenvalue weighted by molar-refractivity contribution is -0.393. The molecule has 1 aromatic rings. The van der Waals surface area contributed by atoms with E-state index in [9.17, 15) is 20.2 Å². The minimum atomic E-state index is -0.720. The predicted molar refractivity (Wildman–Crippen MR) is 75.9 cm³/mol. The van der Waals surface area contributed by atoms with Gasteiger partial charge in [0.2, 0.25) is 0 Å². The SMILES string of the molecule is CC(C#N)CCC=NNc1ccc([N+](=O)[O-])cc1[N+](=O)[O-]. The van der Waals surface area contributed by atoms with Gasteiger partial charge >= 0.3 is 5.69 Å². The van der Waals surface area contributed by atoms with Crippen LogP contribution in [0.1, 0.15) is 19.8 Å². The number of nitro benzene ring substituents is 2. The van der Waals surface area contributed by atoms with Gasteiger partial charge in [-0.25, -0.2) is 0 Å². The zero-order valence-corrected chi connectivity index (χ0v) is 11.2. The van der Waals surface area contributed by atoms with Gasteiger partial charge in [-0.1, -0.05) is 0 Å². The highest BCUT2D eigenvalue weighted by Gasteiger charge is 2.18. The standard InChI is InChI=1S/C12H13N5O4/c1-9(8-13)3-2-6-14-15-11-5-4-10(16(18)19)7-12(11)17(20)21/h4-7,9,15H,2-3H2,1H3. The summed E-state index contributed by atoms with van der Waals surface area (Å²) >= 11 is 0. The van der Waals surface area contributed by atoms with Crippen LogP contribution >= 0.6 is 0 Å². The van der Waals surface area contributed by atoms with Gasteiger partial charge in [0.15, 0.2) is 0 Å². The van der Waals surface area contributed by atoms with Crippen molar-refractivity contribution in [3.8, 4) is 6.07 Å². The van der Waals surface area contributed by atoms with Crippen LogP contribution in [0, 0.1) is 37.5 Å². The summed E-state index contributed by atoms with van der Waals surface area (Å²) in [5.74, 6) is -0.0924. The summed E-state index contributed by atoms with van der Waals surface area (Å²) in [5, 5.41) is 33.9. The Morgan fingerprint density at radius 1 is 1.43 bits per heavy atom. The third kappa shape index (κ3) is 4.87. The quantitative estimate of drug-likeness (QED) is 0.466. The van der Waals surface area contributed by atoms with Crippen molar-refractivity contribution in [2.24, 2.45) is 11.0 Å². The van der Waals surface area contributed by atoms with E-state index in [2.05, 4.69) is 16.6 Å². The van der Waals surface area contributed by atoms with E-state index in [1.54, 1.807) is 6.92 Å². The van der Waals surface area contributed by atoms with Crippen molar-refractivity contribution < 1.29 is 9.85 Å². The van der Waals surface area contributed by atoms with E-state index >= 15 is 0 Å². The number of nitro groups is 2. The lowest BCUT2D eigenvalue weighted by atomic mass is 10.1. The third-order valence-corrected chi connectivity index (χ3v) is 2.61. The smallest absolute Gasteiger partial charge is 0.272 e. The Bertz CT molecular complexity index is 608. The molecule has 9 nitrogen and oxygen atoms in total. The van der Waals surface area contributed by atoms with Gasteiger partial charge in [0.1, 0.15) is 5.69 Å². The maximum Gasteiger partial charge on any atom is 0.301 e. The highest BCUT2D eigenvalue weighted by atomic mass is 16.6. The van der Waals surface area contributed by atoms with Gasteiger partial charge in [-0.15, -0.1) is 0 Å². The molecule has 1 N–H and O–H groups in total. The van der Waals surface area contributed by atoms with Gasteiger partial charge in [0.25, 0.3) is 5.69 Å². The van der Waals surface area contributed by atoms with Crippen molar-refractivity contribution in [1.82, 2.24) is 0 Å². The number of rotatable bonds is 7. The highest BCUT2D eigenvalue weighted by Crippen LogP contribution is 2.28. The van der Waals surface area contributed by atoms with Crippen LogP contribution in [0.2, 0.25) is 0 Å². The van der Waals surface area contributed by atoms with E-state index < -0.39 is 15.5 Å². The molecule has 0 aliphatic heterocycles. The zero-order chi connectivity index (χ0) is 15.8. The molecule has 9 heteroatoms. The first-order valence-corrected chi connectivity index (χ1v) is 6.05. The molecule has 1 atom stereocenters. The van der Waals surface area contributed by atoms with Gasteiger partial charge < -0.3 is 0 Å². The summed E-state index contributed by atoms with van der Waals surface area (Å²) in [7, 11) is 0. The Balaban J connectivity index is 2.75. The van der Waals surface area contributed by atoms with Crippen LogP contribution in [0.15, 0.2) is 23.3 Å². The molecular weight excluding hydrogens is 278 g/mol. The molecule has 0 aliphatic carbocycles. The van der Waals surface area contributed by atoms with Crippen LogP contribution in [0.25, 0.3) is 0 Å². The molecule has 21 heavy (non-hydrogen) atoms. The number of hydrazone groups is 1. The maximum absolute atomic E-state index is 10.9. The predicted octanol–water partition coefficient (Wildman–Crippen LogP) is 2.84. The highest BCUT2D eigenvalue weighted by molar-refractivity contribution is 5.67. The number of non-ortho nitro benzene ring substituents is 1. The van der Waals surface area contributed by atoms with Crippen LogP contribution in [-0.4, -0.2) is 16.1 Å². The molecule has 0 bridgehead atoms. The van der Waals surface area contributed by atoms with Crippen molar-refractivity contribution in [1.29, 1.82) is 5.26 Å². The number of nitrogens with one attached hydrogen (secondary N) is 1. The number of nitriles is 1. The van der Waals surface area contributed by atoms with Gasteiger partial charge in [-0.05, 0) is 25.8 Å². The minimum absolute atomic E-state index is 0.0650. The van der Waals surface area contributed by atoms with Crippen LogP contribution in [-0.2, 0) is 0 Å². The molecule has 1 rings (SSSR count). The number of nitrogens with zero attached hydrogens (tertiary/aromatic N) is 4. The molecule has 110 valence electrons. The number of hydrogen-bond acceptors (Lipinski definition) is 7. The number of anilines is 1. The lowest BCUT2D eigenvalue weighted by Crippen LogP contribution is -1.99. The fraction of sp³-hybridized carbons (Fsp3) is 0.333. The van der Waals surface area contributed by atoms with Crippen LogP contribution in [0.4, 0.5) is 17.1 Å². The second kappa shape index (κ2) is 7.54. The first-order chi connectivity index (χ1) is 9.95. The van der Waals surface area contributed by atoms with Crippen LogP contribution in [0.5, 0.6) is 0 Å². The summed E-state index contributed by atoms with van der Waals surface area (Å²) in [6.07, 6.45) is 2.67. The second-order valence-corrected chi connectivity index (χ2v) is 4.25. The maximum atomic E-state index is 10.9. The molecule has 1 aromatic carbocycles. The van der Waals surface area contributed by atoms with Crippen LogP contribution < -0.4 is 5.43 Å². The van der Waals surface area contributed by atoms with E-state index in [0.717, 1.165) is 12.1 Å². The van der Waals surface area contributed by atoms with Gasteiger partial charge in [0, 0.05) is 18.2 Å². The van der Waals surface area contributed by atoms with E-state index in [1.165, 1.54) is 12.3 Å². The van der Waals surface area contributed by atoms with E-state index in [1.807, 2.05) is 0 Å². The Morgan fingerprint density at radius 3 is 2.71 bits per heavy atom. The number of hydrogen-bond donors (Lipinski definition) is 1.